The summed E-state index contributed by atoms with van der Waals surface area (Å²) in [5, 5.41) is 2.60. The normalized spacial score (nSPS) is 10.7. The summed E-state index contributed by atoms with van der Waals surface area (Å²) in [6.45, 7) is -3.56. The van der Waals surface area contributed by atoms with E-state index in [2.05, 4.69) is 10.1 Å². The molecule has 0 aromatic heterocycles. The number of halogens is 2. The fourth-order valence-electron chi connectivity index (χ4n) is 2.42. The number of methoxy groups -OCH3 is 1. The van der Waals surface area contributed by atoms with E-state index < -0.39 is 25.1 Å². The van der Waals surface area contributed by atoms with Gasteiger partial charge in [0.05, 0.1) is 7.11 Å². The molecule has 0 aliphatic carbocycles. The summed E-state index contributed by atoms with van der Waals surface area (Å²) in [4.78, 5) is 25.7. The largest absolute Gasteiger partial charge is 0.493 e. The Morgan fingerprint density at radius 2 is 1.83 bits per heavy atom. The van der Waals surface area contributed by atoms with Crippen LogP contribution in [0.2, 0.25) is 0 Å². The van der Waals surface area contributed by atoms with Crippen molar-refractivity contribution in [3.63, 3.8) is 0 Å². The SMILES string of the molecule is COc1cccc(/C=C/C(=O)OCC(=O)Nc2ccc(N(C)C)cc2)c1OC(F)F. The summed E-state index contributed by atoms with van der Waals surface area (Å²) >= 11 is 0. The number of alkyl halides is 2. The van der Waals surface area contributed by atoms with E-state index in [0.717, 1.165) is 11.8 Å². The molecule has 0 saturated heterocycles. The number of rotatable bonds is 9. The zero-order chi connectivity index (χ0) is 22.1. The van der Waals surface area contributed by atoms with Crippen LogP contribution in [0.5, 0.6) is 11.5 Å². The Hall–Kier alpha value is -3.62. The summed E-state index contributed by atoms with van der Waals surface area (Å²) in [5.74, 6) is -1.46. The lowest BCUT2D eigenvalue weighted by atomic mass is 10.1. The Morgan fingerprint density at radius 3 is 2.43 bits per heavy atom. The van der Waals surface area contributed by atoms with Crippen molar-refractivity contribution in [3.8, 4) is 11.5 Å². The number of amides is 1. The maximum Gasteiger partial charge on any atom is 0.387 e. The Kier molecular flexibility index (Phi) is 8.16. The van der Waals surface area contributed by atoms with Gasteiger partial charge < -0.3 is 24.4 Å². The van der Waals surface area contributed by atoms with Crippen LogP contribution in [0.4, 0.5) is 20.2 Å². The molecule has 0 spiro atoms. The molecule has 0 saturated carbocycles. The van der Waals surface area contributed by atoms with Gasteiger partial charge in [-0.3, -0.25) is 4.79 Å². The average Bonchev–Trinajstić information content (AvgIpc) is 2.71. The average molecular weight is 420 g/mol. The van der Waals surface area contributed by atoms with Crippen molar-refractivity contribution in [1.29, 1.82) is 0 Å². The number of nitrogens with zero attached hydrogens (tertiary/aromatic N) is 1. The van der Waals surface area contributed by atoms with Gasteiger partial charge in [0.1, 0.15) is 0 Å². The summed E-state index contributed by atoms with van der Waals surface area (Å²) in [5.41, 5.74) is 1.72. The molecule has 160 valence electrons. The maximum atomic E-state index is 12.6. The molecule has 0 fully saturated rings. The molecule has 7 nitrogen and oxygen atoms in total. The summed E-state index contributed by atoms with van der Waals surface area (Å²) in [6.07, 6.45) is 2.24. The van der Waals surface area contributed by atoms with Crippen LogP contribution in [0, 0.1) is 0 Å². The van der Waals surface area contributed by atoms with E-state index in [1.54, 1.807) is 18.2 Å². The Bertz CT molecular complexity index is 899. The fourth-order valence-corrected chi connectivity index (χ4v) is 2.42. The number of para-hydroxylation sites is 1. The summed E-state index contributed by atoms with van der Waals surface area (Å²) < 4.78 is 39.6. The number of nitrogens with one attached hydrogen (secondary N) is 1. The molecule has 0 unspecified atom stereocenters. The van der Waals surface area contributed by atoms with Crippen LogP contribution in [0.25, 0.3) is 6.08 Å². The molecule has 0 bridgehead atoms. The summed E-state index contributed by atoms with van der Waals surface area (Å²) in [7, 11) is 5.10. The minimum absolute atomic E-state index is 0.0884. The van der Waals surface area contributed by atoms with Crippen molar-refractivity contribution >= 4 is 29.3 Å². The van der Waals surface area contributed by atoms with Gasteiger partial charge in [0.2, 0.25) is 0 Å². The van der Waals surface area contributed by atoms with E-state index in [4.69, 9.17) is 9.47 Å². The van der Waals surface area contributed by atoms with Crippen molar-refractivity contribution in [1.82, 2.24) is 0 Å². The van der Waals surface area contributed by atoms with Crippen LogP contribution in [-0.4, -0.2) is 46.3 Å². The highest BCUT2D eigenvalue weighted by Gasteiger charge is 2.14. The topological polar surface area (TPSA) is 77.1 Å². The molecule has 0 aliphatic rings. The third-order valence-corrected chi connectivity index (χ3v) is 3.85. The van der Waals surface area contributed by atoms with Gasteiger partial charge in [-0.2, -0.15) is 8.78 Å². The van der Waals surface area contributed by atoms with Gasteiger partial charge in [-0.1, -0.05) is 12.1 Å². The third-order valence-electron chi connectivity index (χ3n) is 3.85. The van der Waals surface area contributed by atoms with Crippen molar-refractivity contribution < 1.29 is 32.6 Å². The van der Waals surface area contributed by atoms with Crippen LogP contribution in [-0.2, 0) is 14.3 Å². The lowest BCUT2D eigenvalue weighted by Crippen LogP contribution is -2.20. The first-order valence-corrected chi connectivity index (χ1v) is 8.84. The molecule has 2 aromatic rings. The third kappa shape index (κ3) is 6.77. The zero-order valence-electron chi connectivity index (χ0n) is 16.7. The van der Waals surface area contributed by atoms with Gasteiger partial charge >= 0.3 is 12.6 Å². The molecule has 1 amide bonds. The first kappa shape index (κ1) is 22.7. The van der Waals surface area contributed by atoms with E-state index in [9.17, 15) is 18.4 Å². The number of esters is 1. The molecule has 1 N–H and O–H groups in total. The Labute approximate surface area is 172 Å². The molecular formula is C21H22F2N2O5. The molecule has 30 heavy (non-hydrogen) atoms. The van der Waals surface area contributed by atoms with Crippen LogP contribution < -0.4 is 19.7 Å². The monoisotopic (exact) mass is 420 g/mol. The van der Waals surface area contributed by atoms with Crippen molar-refractivity contribution in [3.05, 3.63) is 54.1 Å². The van der Waals surface area contributed by atoms with Gasteiger partial charge in [-0.15, -0.1) is 0 Å². The minimum Gasteiger partial charge on any atom is -0.493 e. The van der Waals surface area contributed by atoms with E-state index >= 15 is 0 Å². The number of carbonyl (C=O) groups excluding carboxylic acids is 2. The Morgan fingerprint density at radius 1 is 1.13 bits per heavy atom. The van der Waals surface area contributed by atoms with Crippen molar-refractivity contribution in [2.45, 2.75) is 6.61 Å². The molecule has 2 rings (SSSR count). The molecule has 0 radical (unpaired) electrons. The summed E-state index contributed by atoms with van der Waals surface area (Å²) in [6, 6.07) is 11.6. The molecular weight excluding hydrogens is 398 g/mol. The number of anilines is 2. The fraction of sp³-hybridized carbons (Fsp3) is 0.238. The number of ether oxygens (including phenoxy) is 3. The second-order valence-electron chi connectivity index (χ2n) is 6.19. The lowest BCUT2D eigenvalue weighted by molar-refractivity contribution is -0.142. The first-order chi connectivity index (χ1) is 14.3. The molecule has 9 heteroatoms. The smallest absolute Gasteiger partial charge is 0.387 e. The standard InChI is InChI=1S/C21H22F2N2O5/c1-25(2)16-10-8-15(9-11-16)24-18(26)13-29-19(27)12-7-14-5-4-6-17(28-3)20(14)30-21(22)23/h4-12,21H,13H2,1-3H3,(H,24,26)/b12-7+. The Balaban J connectivity index is 1.92. The van der Waals surface area contributed by atoms with Crippen molar-refractivity contribution in [2.24, 2.45) is 0 Å². The van der Waals surface area contributed by atoms with Gasteiger partial charge in [0, 0.05) is 37.1 Å². The lowest BCUT2D eigenvalue weighted by Gasteiger charge is -2.13. The number of carbonyl (C=O) groups is 2. The highest BCUT2D eigenvalue weighted by Crippen LogP contribution is 2.33. The van der Waals surface area contributed by atoms with E-state index in [0.29, 0.717) is 5.69 Å². The van der Waals surface area contributed by atoms with Crippen molar-refractivity contribution in [2.75, 3.05) is 38.0 Å². The number of hydrogen-bond acceptors (Lipinski definition) is 6. The maximum absolute atomic E-state index is 12.6. The molecule has 0 atom stereocenters. The first-order valence-electron chi connectivity index (χ1n) is 8.84. The predicted molar refractivity (Wildman–Crippen MR) is 109 cm³/mol. The van der Waals surface area contributed by atoms with E-state index in [1.807, 2.05) is 31.1 Å². The van der Waals surface area contributed by atoms with Crippen LogP contribution in [0.1, 0.15) is 5.56 Å². The van der Waals surface area contributed by atoms with Gasteiger partial charge in [0.15, 0.2) is 18.1 Å². The van der Waals surface area contributed by atoms with Gasteiger partial charge in [0.25, 0.3) is 5.91 Å². The van der Waals surface area contributed by atoms with E-state index in [1.165, 1.54) is 25.3 Å². The zero-order valence-corrected chi connectivity index (χ0v) is 16.7. The van der Waals surface area contributed by atoms with Gasteiger partial charge in [-0.25, -0.2) is 4.79 Å². The highest BCUT2D eigenvalue weighted by molar-refractivity contribution is 5.94. The molecule has 0 heterocycles. The second-order valence-corrected chi connectivity index (χ2v) is 6.19. The van der Waals surface area contributed by atoms with Crippen LogP contribution in [0.3, 0.4) is 0 Å². The molecule has 2 aromatic carbocycles. The molecule has 0 aliphatic heterocycles. The predicted octanol–water partition coefficient (Wildman–Crippen LogP) is 3.56. The number of benzene rings is 2. The minimum atomic E-state index is -3.06. The van der Waals surface area contributed by atoms with E-state index in [-0.39, 0.29) is 17.1 Å². The highest BCUT2D eigenvalue weighted by atomic mass is 19.3. The second kappa shape index (κ2) is 10.8. The quantitative estimate of drug-likeness (QED) is 0.494. The van der Waals surface area contributed by atoms with Gasteiger partial charge in [-0.05, 0) is 36.4 Å². The number of hydrogen-bond donors (Lipinski definition) is 1. The van der Waals surface area contributed by atoms with Crippen LogP contribution >= 0.6 is 0 Å². The van der Waals surface area contributed by atoms with Crippen LogP contribution in [0.15, 0.2) is 48.5 Å².